The number of hydrogen-bond acceptors (Lipinski definition) is 16. The first kappa shape index (κ1) is 30.8. The summed E-state index contributed by atoms with van der Waals surface area (Å²) in [5, 5.41) is 27.5. The van der Waals surface area contributed by atoms with Crippen molar-refractivity contribution < 1.29 is 67.3 Å². The highest BCUT2D eigenvalue weighted by Gasteiger charge is 2.49. The van der Waals surface area contributed by atoms with Crippen LogP contribution in [-0.4, -0.2) is 103 Å². The molecule has 1 aromatic heterocycles. The zero-order chi connectivity index (χ0) is 29.1. The topological polar surface area (TPSA) is 207 Å². The molecular weight excluding hydrogens is 560 g/mol. The van der Waals surface area contributed by atoms with E-state index in [1.807, 2.05) is 0 Å². The average molecular weight is 589 g/mol. The molecule has 15 nitrogen and oxygen atoms in total. The van der Waals surface area contributed by atoms with Crippen molar-refractivity contribution in [1.29, 1.82) is 0 Å². The summed E-state index contributed by atoms with van der Waals surface area (Å²) in [5.74, 6) is 0.142. The normalized spacial score (nSPS) is 20.3. The third-order valence-corrected chi connectivity index (χ3v) is 6.42. The van der Waals surface area contributed by atoms with E-state index < -0.39 is 80.9 Å². The number of rotatable bonds is 11. The number of aryl methyl sites for hydroxylation is 1. The number of benzene rings is 1. The Kier molecular flexibility index (Phi) is 11.7. The smallest absolute Gasteiger partial charge is 0.476 e. The Morgan fingerprint density at radius 1 is 0.875 bits per heavy atom. The minimum absolute atomic E-state index is 0.0514. The number of fused-ring (bicyclic) bond motifs is 1. The minimum atomic E-state index is -1.53. The van der Waals surface area contributed by atoms with Crippen LogP contribution >= 0.6 is 11.8 Å². The van der Waals surface area contributed by atoms with Gasteiger partial charge in [-0.1, -0.05) is 0 Å². The number of carbonyl (C=O) groups is 3. The van der Waals surface area contributed by atoms with Gasteiger partial charge in [0.05, 0.1) is 19.8 Å². The van der Waals surface area contributed by atoms with Crippen LogP contribution < -0.4 is 10.4 Å². The molecular formula is C24H28O15S. The lowest BCUT2D eigenvalue weighted by Gasteiger charge is -2.39. The first-order valence-electron chi connectivity index (χ1n) is 11.9. The Hall–Kier alpha value is -3.73. The Labute approximate surface area is 230 Å². The Bertz CT molecular complexity index is 1210. The summed E-state index contributed by atoms with van der Waals surface area (Å²) in [4.78, 5) is 48.6. The first-order chi connectivity index (χ1) is 19.2. The van der Waals surface area contributed by atoms with Crippen LogP contribution in [0.3, 0.4) is 0 Å². The predicted molar refractivity (Wildman–Crippen MR) is 134 cm³/mol. The van der Waals surface area contributed by atoms with Crippen LogP contribution in [0, 0.1) is 6.92 Å². The zero-order valence-corrected chi connectivity index (χ0v) is 22.0. The van der Waals surface area contributed by atoms with Crippen molar-refractivity contribution in [3.63, 3.8) is 0 Å². The van der Waals surface area contributed by atoms with Gasteiger partial charge in [-0.15, -0.1) is 11.8 Å². The quantitative estimate of drug-likeness (QED) is 0.191. The summed E-state index contributed by atoms with van der Waals surface area (Å²) in [6, 6.07) is 6.03. The highest BCUT2D eigenvalue weighted by atomic mass is 32.2. The van der Waals surface area contributed by atoms with Crippen LogP contribution in [0.25, 0.3) is 11.0 Å². The maximum absolute atomic E-state index is 12.4. The molecule has 1 saturated heterocycles. The van der Waals surface area contributed by atoms with Gasteiger partial charge in [0.25, 0.3) is 0 Å². The van der Waals surface area contributed by atoms with Gasteiger partial charge < -0.3 is 52.9 Å². The molecule has 2 heterocycles. The Morgan fingerprint density at radius 3 is 2.05 bits per heavy atom. The number of carbonyl (C=O) groups excluding carboxylic acids is 3. The van der Waals surface area contributed by atoms with Crippen LogP contribution in [0.4, 0.5) is 14.4 Å². The summed E-state index contributed by atoms with van der Waals surface area (Å²) in [6.45, 7) is -0.889. The predicted octanol–water partition coefficient (Wildman–Crippen LogP) is 1.10. The molecule has 4 atom stereocenters. The minimum Gasteiger partial charge on any atom is -0.476 e. The molecule has 2 aromatic rings. The molecule has 0 amide bonds. The second-order valence-electron chi connectivity index (χ2n) is 8.01. The van der Waals surface area contributed by atoms with Gasteiger partial charge in [-0.05, 0) is 24.6 Å². The number of aliphatic hydroxyl groups is 3. The van der Waals surface area contributed by atoms with Crippen molar-refractivity contribution in [3.8, 4) is 5.75 Å². The van der Waals surface area contributed by atoms with Crippen molar-refractivity contribution in [3.05, 3.63) is 40.2 Å². The fourth-order valence-electron chi connectivity index (χ4n) is 3.56. The van der Waals surface area contributed by atoms with Gasteiger partial charge in [-0.3, -0.25) is 0 Å². The lowest BCUT2D eigenvalue weighted by atomic mass is 10.1. The van der Waals surface area contributed by atoms with Crippen LogP contribution in [0.2, 0.25) is 0 Å². The molecule has 0 spiro atoms. The van der Waals surface area contributed by atoms with Crippen molar-refractivity contribution in [2.75, 3.05) is 45.4 Å². The third kappa shape index (κ3) is 8.64. The SMILES string of the molecule is Cc1cc(=O)oc2cc(O[C@H]3SC[C@@H](OC(=O)OCCO)[C@H](OC(=O)OCCO)[C@H]3OC(=O)OCCO)ccc12. The first-order valence-corrected chi connectivity index (χ1v) is 13.0. The molecule has 1 aliphatic rings. The van der Waals surface area contributed by atoms with Crippen molar-refractivity contribution in [2.45, 2.75) is 30.7 Å². The van der Waals surface area contributed by atoms with E-state index in [1.54, 1.807) is 19.1 Å². The van der Waals surface area contributed by atoms with Gasteiger partial charge >= 0.3 is 24.1 Å². The van der Waals surface area contributed by atoms with E-state index >= 15 is 0 Å². The van der Waals surface area contributed by atoms with Crippen LogP contribution in [0.15, 0.2) is 33.5 Å². The zero-order valence-electron chi connectivity index (χ0n) is 21.2. The second kappa shape index (κ2) is 15.2. The molecule has 220 valence electrons. The van der Waals surface area contributed by atoms with Gasteiger partial charge in [0, 0.05) is 23.3 Å². The maximum atomic E-state index is 12.4. The van der Waals surface area contributed by atoms with E-state index in [-0.39, 0.29) is 23.7 Å². The van der Waals surface area contributed by atoms with E-state index in [2.05, 4.69) is 0 Å². The molecule has 1 fully saturated rings. The van der Waals surface area contributed by atoms with E-state index in [0.29, 0.717) is 10.9 Å². The third-order valence-electron chi connectivity index (χ3n) is 5.20. The summed E-state index contributed by atoms with van der Waals surface area (Å²) in [6.07, 6.45) is -8.00. The molecule has 40 heavy (non-hydrogen) atoms. The number of hydrogen-bond donors (Lipinski definition) is 3. The van der Waals surface area contributed by atoms with Crippen LogP contribution in [0.5, 0.6) is 5.75 Å². The summed E-state index contributed by atoms with van der Waals surface area (Å²) in [5.41, 5.74) is -0.749. The van der Waals surface area contributed by atoms with Crippen LogP contribution in [-0.2, 0) is 28.4 Å². The molecule has 0 unspecified atom stereocenters. The van der Waals surface area contributed by atoms with Crippen LogP contribution in [0.1, 0.15) is 5.56 Å². The summed E-state index contributed by atoms with van der Waals surface area (Å²) < 4.78 is 41.4. The van der Waals surface area contributed by atoms with Gasteiger partial charge in [0.2, 0.25) is 0 Å². The second-order valence-corrected chi connectivity index (χ2v) is 9.14. The summed E-state index contributed by atoms with van der Waals surface area (Å²) in [7, 11) is 0. The van der Waals surface area contributed by atoms with Crippen molar-refractivity contribution in [2.24, 2.45) is 0 Å². The molecule has 0 saturated carbocycles. The number of thioether (sulfide) groups is 1. The Morgan fingerprint density at radius 2 is 1.45 bits per heavy atom. The number of aliphatic hydroxyl groups excluding tert-OH is 3. The lowest BCUT2D eigenvalue weighted by molar-refractivity contribution is -0.122. The van der Waals surface area contributed by atoms with E-state index in [4.69, 9.17) is 52.9 Å². The number of ether oxygens (including phenoxy) is 7. The molecule has 3 N–H and O–H groups in total. The van der Waals surface area contributed by atoms with Crippen molar-refractivity contribution >= 4 is 41.2 Å². The lowest BCUT2D eigenvalue weighted by Crippen LogP contribution is -2.56. The molecule has 0 radical (unpaired) electrons. The monoisotopic (exact) mass is 588 g/mol. The molecule has 1 aliphatic heterocycles. The van der Waals surface area contributed by atoms with Gasteiger partial charge in [-0.2, -0.15) is 0 Å². The van der Waals surface area contributed by atoms with Gasteiger partial charge in [0.1, 0.15) is 31.2 Å². The maximum Gasteiger partial charge on any atom is 0.508 e. The average Bonchev–Trinajstić information content (AvgIpc) is 2.92. The molecule has 0 aliphatic carbocycles. The highest BCUT2D eigenvalue weighted by Crippen LogP contribution is 2.35. The highest BCUT2D eigenvalue weighted by molar-refractivity contribution is 7.99. The standard InChI is InChI=1S/C24H28O15S/c1-13-10-18(28)36-16-11-14(2-3-15(13)16)35-21-20(39-24(31)34-9-6-27)19(38-23(30)33-8-5-26)17(12-40-21)37-22(29)32-7-4-25/h2-3,10-11,17,19-21,25-27H,4-9,12H2,1H3/t17-,19+,20-,21+/m1/s1. The van der Waals surface area contributed by atoms with E-state index in [0.717, 1.165) is 11.8 Å². The van der Waals surface area contributed by atoms with E-state index in [1.165, 1.54) is 12.1 Å². The Balaban J connectivity index is 1.92. The summed E-state index contributed by atoms with van der Waals surface area (Å²) >= 11 is 1.02. The van der Waals surface area contributed by atoms with Gasteiger partial charge in [-0.25, -0.2) is 19.2 Å². The fourth-order valence-corrected chi connectivity index (χ4v) is 4.78. The molecule has 0 bridgehead atoms. The molecule has 3 rings (SSSR count). The molecule has 16 heteroatoms. The fraction of sp³-hybridized carbons (Fsp3) is 0.500. The molecule has 1 aromatic carbocycles. The van der Waals surface area contributed by atoms with Gasteiger partial charge in [0.15, 0.2) is 23.7 Å². The van der Waals surface area contributed by atoms with Crippen molar-refractivity contribution in [1.82, 2.24) is 0 Å². The largest absolute Gasteiger partial charge is 0.508 e. The van der Waals surface area contributed by atoms with E-state index in [9.17, 15) is 19.2 Å².